The molecule has 0 N–H and O–H groups in total. The van der Waals surface area contributed by atoms with Gasteiger partial charge in [0.1, 0.15) is 6.61 Å². The SMILES string of the molecule is COC(=O)[C@@H]1CN(Cc2ccccc2)C(=O)N1C(=O)OCc1ccccc1. The topological polar surface area (TPSA) is 76.2 Å². The third kappa shape index (κ3) is 4.25. The van der Waals surface area contributed by atoms with Gasteiger partial charge in [-0.25, -0.2) is 19.3 Å². The van der Waals surface area contributed by atoms with Crippen LogP contribution >= 0.6 is 0 Å². The summed E-state index contributed by atoms with van der Waals surface area (Å²) in [4.78, 5) is 39.6. The number of amides is 3. The number of hydrogen-bond acceptors (Lipinski definition) is 5. The molecule has 27 heavy (non-hydrogen) atoms. The highest BCUT2D eigenvalue weighted by Crippen LogP contribution is 2.21. The predicted molar refractivity (Wildman–Crippen MR) is 96.5 cm³/mol. The van der Waals surface area contributed by atoms with Crippen molar-refractivity contribution in [3.05, 3.63) is 71.8 Å². The van der Waals surface area contributed by atoms with Crippen molar-refractivity contribution in [2.24, 2.45) is 0 Å². The van der Waals surface area contributed by atoms with Gasteiger partial charge in [-0.05, 0) is 11.1 Å². The standard InChI is InChI=1S/C20H20N2O5/c1-26-18(23)17-13-21(12-15-8-4-2-5-9-15)19(24)22(17)20(25)27-14-16-10-6-3-7-11-16/h2-11,17H,12-14H2,1H3/t17-/m0/s1. The Labute approximate surface area is 157 Å². The molecule has 7 nitrogen and oxygen atoms in total. The normalized spacial score (nSPS) is 16.3. The van der Waals surface area contributed by atoms with E-state index in [1.165, 1.54) is 12.0 Å². The molecule has 3 rings (SSSR count). The van der Waals surface area contributed by atoms with E-state index in [0.29, 0.717) is 0 Å². The van der Waals surface area contributed by atoms with Crippen LogP contribution in [0.15, 0.2) is 60.7 Å². The van der Waals surface area contributed by atoms with Crippen molar-refractivity contribution in [1.82, 2.24) is 9.80 Å². The molecule has 1 heterocycles. The fourth-order valence-electron chi connectivity index (χ4n) is 2.90. The lowest BCUT2D eigenvalue weighted by Crippen LogP contribution is -2.44. The van der Waals surface area contributed by atoms with Gasteiger partial charge in [-0.3, -0.25) is 0 Å². The van der Waals surface area contributed by atoms with E-state index < -0.39 is 24.1 Å². The molecule has 1 aliphatic heterocycles. The van der Waals surface area contributed by atoms with Crippen molar-refractivity contribution < 1.29 is 23.9 Å². The van der Waals surface area contributed by atoms with Crippen molar-refractivity contribution in [3.8, 4) is 0 Å². The molecule has 2 aromatic rings. The smallest absolute Gasteiger partial charge is 0.419 e. The summed E-state index contributed by atoms with van der Waals surface area (Å²) in [5.41, 5.74) is 1.68. The Kier molecular flexibility index (Phi) is 5.71. The van der Waals surface area contributed by atoms with Gasteiger partial charge in [0.15, 0.2) is 6.04 Å². The highest BCUT2D eigenvalue weighted by atomic mass is 16.6. The summed E-state index contributed by atoms with van der Waals surface area (Å²) >= 11 is 0. The van der Waals surface area contributed by atoms with Gasteiger partial charge in [0.2, 0.25) is 0 Å². The summed E-state index contributed by atoms with van der Waals surface area (Å²) in [6.45, 7) is 0.354. The first-order valence-corrected chi connectivity index (χ1v) is 8.50. The van der Waals surface area contributed by atoms with Crippen LogP contribution < -0.4 is 0 Å². The number of carbonyl (C=O) groups is 3. The zero-order valence-electron chi connectivity index (χ0n) is 14.9. The fraction of sp³-hybridized carbons (Fsp3) is 0.250. The van der Waals surface area contributed by atoms with E-state index in [1.807, 2.05) is 48.5 Å². The highest BCUT2D eigenvalue weighted by Gasteiger charge is 2.46. The molecule has 0 saturated carbocycles. The Morgan fingerprint density at radius 1 is 1.00 bits per heavy atom. The number of rotatable bonds is 5. The van der Waals surface area contributed by atoms with Crippen molar-refractivity contribution in [2.45, 2.75) is 19.2 Å². The van der Waals surface area contributed by atoms with Crippen LogP contribution in [-0.4, -0.2) is 47.6 Å². The summed E-state index contributed by atoms with van der Waals surface area (Å²) in [6.07, 6.45) is -0.866. The number of nitrogens with zero attached hydrogens (tertiary/aromatic N) is 2. The first-order valence-electron chi connectivity index (χ1n) is 8.50. The number of benzene rings is 2. The van der Waals surface area contributed by atoms with Crippen molar-refractivity contribution in [3.63, 3.8) is 0 Å². The molecule has 140 valence electrons. The number of methoxy groups -OCH3 is 1. The molecule has 0 unspecified atom stereocenters. The predicted octanol–water partition coefficient (Wildman–Crippen LogP) is 2.80. The van der Waals surface area contributed by atoms with E-state index in [1.54, 1.807) is 12.1 Å². The van der Waals surface area contributed by atoms with Crippen LogP contribution in [0.25, 0.3) is 0 Å². The Bertz CT molecular complexity index is 810. The minimum Gasteiger partial charge on any atom is -0.467 e. The van der Waals surface area contributed by atoms with Crippen molar-refractivity contribution in [2.75, 3.05) is 13.7 Å². The van der Waals surface area contributed by atoms with Crippen LogP contribution in [0.3, 0.4) is 0 Å². The molecule has 0 bridgehead atoms. The molecule has 7 heteroatoms. The summed E-state index contributed by atoms with van der Waals surface area (Å²) < 4.78 is 9.99. The average molecular weight is 368 g/mol. The van der Waals surface area contributed by atoms with E-state index >= 15 is 0 Å². The monoisotopic (exact) mass is 368 g/mol. The van der Waals surface area contributed by atoms with E-state index in [4.69, 9.17) is 9.47 Å². The van der Waals surface area contributed by atoms with Gasteiger partial charge in [-0.1, -0.05) is 60.7 Å². The zero-order valence-corrected chi connectivity index (χ0v) is 14.9. The van der Waals surface area contributed by atoms with Gasteiger partial charge in [-0.15, -0.1) is 0 Å². The van der Waals surface area contributed by atoms with Crippen LogP contribution in [0.2, 0.25) is 0 Å². The molecule has 1 fully saturated rings. The zero-order chi connectivity index (χ0) is 19.2. The van der Waals surface area contributed by atoms with Crippen LogP contribution in [0.1, 0.15) is 11.1 Å². The average Bonchev–Trinajstić information content (AvgIpc) is 3.03. The minimum atomic E-state index is -1.03. The number of urea groups is 1. The number of hydrogen-bond donors (Lipinski definition) is 0. The van der Waals surface area contributed by atoms with Crippen LogP contribution in [0, 0.1) is 0 Å². The highest BCUT2D eigenvalue weighted by molar-refractivity contribution is 5.98. The van der Waals surface area contributed by atoms with E-state index in [9.17, 15) is 14.4 Å². The van der Waals surface area contributed by atoms with Crippen molar-refractivity contribution >= 4 is 18.1 Å². The minimum absolute atomic E-state index is 0.00995. The Hall–Kier alpha value is -3.35. The Morgan fingerprint density at radius 3 is 2.19 bits per heavy atom. The van der Waals surface area contributed by atoms with Crippen LogP contribution in [0.5, 0.6) is 0 Å². The summed E-state index contributed by atoms with van der Waals surface area (Å²) in [7, 11) is 1.22. The molecule has 3 amide bonds. The van der Waals surface area contributed by atoms with Gasteiger partial charge in [0.25, 0.3) is 0 Å². The maximum atomic E-state index is 12.7. The summed E-state index contributed by atoms with van der Waals surface area (Å²) in [5, 5.41) is 0. The molecule has 1 atom stereocenters. The number of imide groups is 1. The van der Waals surface area contributed by atoms with Gasteiger partial charge >= 0.3 is 18.1 Å². The van der Waals surface area contributed by atoms with E-state index in [-0.39, 0.29) is 19.7 Å². The first kappa shape index (κ1) is 18.4. The lowest BCUT2D eigenvalue weighted by Gasteiger charge is -2.19. The summed E-state index contributed by atoms with van der Waals surface area (Å²) in [5.74, 6) is -0.657. The van der Waals surface area contributed by atoms with Crippen molar-refractivity contribution in [1.29, 1.82) is 0 Å². The molecule has 0 spiro atoms. The number of carbonyl (C=O) groups excluding carboxylic acids is 3. The maximum absolute atomic E-state index is 12.7. The lowest BCUT2D eigenvalue weighted by atomic mass is 10.2. The molecular weight excluding hydrogens is 348 g/mol. The molecule has 1 saturated heterocycles. The molecule has 0 aromatic heterocycles. The van der Waals surface area contributed by atoms with Crippen LogP contribution in [-0.2, 0) is 27.4 Å². The summed E-state index contributed by atoms with van der Waals surface area (Å²) in [6, 6.07) is 16.8. The molecule has 0 aliphatic carbocycles. The third-order valence-electron chi connectivity index (χ3n) is 4.27. The second-order valence-corrected chi connectivity index (χ2v) is 6.10. The van der Waals surface area contributed by atoms with E-state index in [2.05, 4.69) is 0 Å². The molecule has 1 aliphatic rings. The van der Waals surface area contributed by atoms with Crippen LogP contribution in [0.4, 0.5) is 9.59 Å². The first-order chi connectivity index (χ1) is 13.1. The lowest BCUT2D eigenvalue weighted by molar-refractivity contribution is -0.144. The van der Waals surface area contributed by atoms with E-state index in [0.717, 1.165) is 16.0 Å². The molecule has 2 aromatic carbocycles. The number of ether oxygens (including phenoxy) is 2. The molecular formula is C20H20N2O5. The number of esters is 1. The fourth-order valence-corrected chi connectivity index (χ4v) is 2.90. The third-order valence-corrected chi connectivity index (χ3v) is 4.27. The molecule has 0 radical (unpaired) electrons. The second-order valence-electron chi connectivity index (χ2n) is 6.10. The van der Waals surface area contributed by atoms with Gasteiger partial charge in [-0.2, -0.15) is 0 Å². The Balaban J connectivity index is 1.72. The largest absolute Gasteiger partial charge is 0.467 e. The quantitative estimate of drug-likeness (QED) is 0.759. The van der Waals surface area contributed by atoms with Gasteiger partial charge < -0.3 is 14.4 Å². The second kappa shape index (κ2) is 8.35. The Morgan fingerprint density at radius 2 is 1.59 bits per heavy atom. The van der Waals surface area contributed by atoms with Gasteiger partial charge in [0.05, 0.1) is 13.7 Å². The maximum Gasteiger partial charge on any atom is 0.419 e. The van der Waals surface area contributed by atoms with Gasteiger partial charge in [0, 0.05) is 6.54 Å².